The maximum Gasteiger partial charge on any atom is 0.416 e. The number of hydroxylamine groups is 2. The summed E-state index contributed by atoms with van der Waals surface area (Å²) in [5, 5.41) is 18.3. The summed E-state index contributed by atoms with van der Waals surface area (Å²) in [4.78, 5) is 7.34. The van der Waals surface area contributed by atoms with Crippen molar-refractivity contribution in [2.24, 2.45) is 9.98 Å². The summed E-state index contributed by atoms with van der Waals surface area (Å²) in [7, 11) is 0. The monoisotopic (exact) mass is 406 g/mol. The molecule has 0 aromatic heterocycles. The fraction of sp³-hybridized carbons (Fsp3) is 0.125. The summed E-state index contributed by atoms with van der Waals surface area (Å²) in [6.07, 6.45) is -9.27. The first-order valence-electron chi connectivity index (χ1n) is 7.37. The first kappa shape index (κ1) is 21.2. The molecule has 6 nitrogen and oxygen atoms in total. The third kappa shape index (κ3) is 5.44. The maximum atomic E-state index is 12.8. The third-order valence-corrected chi connectivity index (χ3v) is 3.26. The van der Waals surface area contributed by atoms with E-state index in [0.29, 0.717) is 12.1 Å². The van der Waals surface area contributed by atoms with Gasteiger partial charge in [-0.25, -0.2) is 20.9 Å². The molecule has 0 saturated carbocycles. The Morgan fingerprint density at radius 3 is 1.32 bits per heavy atom. The number of nitrogens with one attached hydrogen (secondary N) is 2. The Morgan fingerprint density at radius 2 is 1.04 bits per heavy atom. The Kier molecular flexibility index (Phi) is 6.26. The van der Waals surface area contributed by atoms with Crippen molar-refractivity contribution in [3.63, 3.8) is 0 Å². The van der Waals surface area contributed by atoms with E-state index in [1.54, 1.807) is 0 Å². The molecule has 0 saturated heterocycles. The van der Waals surface area contributed by atoms with Gasteiger partial charge in [0.25, 0.3) is 0 Å². The number of hydrogen-bond acceptors (Lipinski definition) is 4. The fourth-order valence-electron chi connectivity index (χ4n) is 2.02. The molecule has 0 unspecified atom stereocenters. The average molecular weight is 406 g/mol. The van der Waals surface area contributed by atoms with Crippen molar-refractivity contribution in [2.75, 3.05) is 0 Å². The van der Waals surface area contributed by atoms with Crippen LogP contribution in [0.4, 0.5) is 37.7 Å². The van der Waals surface area contributed by atoms with Gasteiger partial charge < -0.3 is 0 Å². The lowest BCUT2D eigenvalue weighted by molar-refractivity contribution is -0.138. The van der Waals surface area contributed by atoms with E-state index < -0.39 is 35.2 Å². The molecule has 0 fully saturated rings. The van der Waals surface area contributed by atoms with Crippen molar-refractivity contribution >= 4 is 23.0 Å². The first-order valence-corrected chi connectivity index (χ1v) is 7.37. The molecular formula is C16H12F6N4O2. The SMILES string of the molecule is ONC(=Nc1cccc(C(F)(F)F)c1)C(=Nc1cccc(C(F)(F)F)c1)NO. The van der Waals surface area contributed by atoms with Gasteiger partial charge in [-0.2, -0.15) is 26.3 Å². The molecule has 0 bridgehead atoms. The average Bonchev–Trinajstić information content (AvgIpc) is 2.63. The molecule has 4 N–H and O–H groups in total. The Labute approximate surface area is 153 Å². The lowest BCUT2D eigenvalue weighted by Gasteiger charge is -2.10. The molecule has 150 valence electrons. The molecule has 0 heterocycles. The second kappa shape index (κ2) is 8.27. The van der Waals surface area contributed by atoms with Crippen LogP contribution in [0.2, 0.25) is 0 Å². The molecule has 0 amide bonds. The van der Waals surface area contributed by atoms with Crippen molar-refractivity contribution in [1.29, 1.82) is 0 Å². The van der Waals surface area contributed by atoms with Crippen molar-refractivity contribution in [3.8, 4) is 0 Å². The molecule has 0 radical (unpaired) electrons. The third-order valence-electron chi connectivity index (χ3n) is 3.26. The van der Waals surface area contributed by atoms with Crippen molar-refractivity contribution < 1.29 is 36.8 Å². The van der Waals surface area contributed by atoms with Crippen LogP contribution >= 0.6 is 0 Å². The molecule has 12 heteroatoms. The minimum atomic E-state index is -4.64. The van der Waals surface area contributed by atoms with E-state index in [9.17, 15) is 26.3 Å². The summed E-state index contributed by atoms with van der Waals surface area (Å²) in [6, 6.07) is 7.39. The maximum absolute atomic E-state index is 12.8. The van der Waals surface area contributed by atoms with Crippen LogP contribution in [0.15, 0.2) is 58.5 Å². The molecule has 0 aliphatic heterocycles. The van der Waals surface area contributed by atoms with Gasteiger partial charge in [0.2, 0.25) is 0 Å². The predicted octanol–water partition coefficient (Wildman–Crippen LogP) is 4.44. The van der Waals surface area contributed by atoms with Crippen LogP contribution in [0.25, 0.3) is 0 Å². The molecule has 0 aliphatic carbocycles. The van der Waals surface area contributed by atoms with E-state index >= 15 is 0 Å². The van der Waals surface area contributed by atoms with Crippen LogP contribution in [-0.4, -0.2) is 22.1 Å². The molecule has 2 aromatic carbocycles. The molecular weight excluding hydrogens is 394 g/mol. The number of benzene rings is 2. The van der Waals surface area contributed by atoms with E-state index in [2.05, 4.69) is 9.98 Å². The van der Waals surface area contributed by atoms with E-state index in [1.165, 1.54) is 23.1 Å². The Bertz CT molecular complexity index is 820. The largest absolute Gasteiger partial charge is 0.416 e. The first-order chi connectivity index (χ1) is 13.0. The number of rotatable bonds is 2. The van der Waals surface area contributed by atoms with E-state index in [4.69, 9.17) is 10.4 Å². The van der Waals surface area contributed by atoms with Gasteiger partial charge in [-0.15, -0.1) is 0 Å². The minimum Gasteiger partial charge on any atom is -0.290 e. The summed E-state index contributed by atoms with van der Waals surface area (Å²) < 4.78 is 76.5. The zero-order valence-electron chi connectivity index (χ0n) is 13.7. The summed E-state index contributed by atoms with van der Waals surface area (Å²) in [6.45, 7) is 0. The van der Waals surface area contributed by atoms with Crippen LogP contribution < -0.4 is 11.0 Å². The topological polar surface area (TPSA) is 89.2 Å². The van der Waals surface area contributed by atoms with Crippen LogP contribution in [0.1, 0.15) is 11.1 Å². The van der Waals surface area contributed by atoms with Crippen LogP contribution in [-0.2, 0) is 12.4 Å². The van der Waals surface area contributed by atoms with Gasteiger partial charge in [-0.1, -0.05) is 12.1 Å². The van der Waals surface area contributed by atoms with Gasteiger partial charge in [-0.05, 0) is 36.4 Å². The Hall–Kier alpha value is -3.12. The zero-order valence-corrected chi connectivity index (χ0v) is 13.7. The quantitative estimate of drug-likeness (QED) is 0.257. The molecule has 0 aliphatic rings. The highest BCUT2D eigenvalue weighted by Crippen LogP contribution is 2.32. The van der Waals surface area contributed by atoms with Crippen molar-refractivity contribution in [2.45, 2.75) is 12.4 Å². The van der Waals surface area contributed by atoms with E-state index in [1.807, 2.05) is 0 Å². The van der Waals surface area contributed by atoms with Crippen LogP contribution in [0.5, 0.6) is 0 Å². The summed E-state index contributed by atoms with van der Waals surface area (Å²) in [5.74, 6) is -1.28. The number of amidine groups is 2. The fourth-order valence-corrected chi connectivity index (χ4v) is 2.02. The lowest BCUT2D eigenvalue weighted by Crippen LogP contribution is -2.37. The number of alkyl halides is 6. The van der Waals surface area contributed by atoms with Gasteiger partial charge in [-0.3, -0.25) is 10.4 Å². The molecule has 2 aromatic rings. The Morgan fingerprint density at radius 1 is 0.679 bits per heavy atom. The van der Waals surface area contributed by atoms with Crippen molar-refractivity contribution in [1.82, 2.24) is 11.0 Å². The van der Waals surface area contributed by atoms with Gasteiger partial charge in [0.1, 0.15) is 0 Å². The highest BCUT2D eigenvalue weighted by atomic mass is 19.4. The van der Waals surface area contributed by atoms with Crippen LogP contribution in [0.3, 0.4) is 0 Å². The van der Waals surface area contributed by atoms with E-state index in [-0.39, 0.29) is 11.4 Å². The summed E-state index contributed by atoms with van der Waals surface area (Å²) >= 11 is 0. The van der Waals surface area contributed by atoms with E-state index in [0.717, 1.165) is 24.3 Å². The summed E-state index contributed by atoms with van der Waals surface area (Å²) in [5.41, 5.74) is 0.476. The minimum absolute atomic E-state index is 0.265. The number of halogens is 6. The number of aliphatic imine (C=N–C) groups is 2. The number of hydrogen-bond donors (Lipinski definition) is 4. The second-order valence-corrected chi connectivity index (χ2v) is 5.24. The van der Waals surface area contributed by atoms with Gasteiger partial charge in [0, 0.05) is 0 Å². The molecule has 0 atom stereocenters. The highest BCUT2D eigenvalue weighted by molar-refractivity contribution is 6.40. The molecule has 2 rings (SSSR count). The predicted molar refractivity (Wildman–Crippen MR) is 86.9 cm³/mol. The molecule has 0 spiro atoms. The zero-order chi connectivity index (χ0) is 20.9. The smallest absolute Gasteiger partial charge is 0.290 e. The lowest BCUT2D eigenvalue weighted by atomic mass is 10.2. The van der Waals surface area contributed by atoms with Crippen LogP contribution in [0, 0.1) is 0 Å². The number of nitrogens with zero attached hydrogens (tertiary/aromatic N) is 2. The van der Waals surface area contributed by atoms with Crippen molar-refractivity contribution in [3.05, 3.63) is 59.7 Å². The standard InChI is InChI=1S/C16H12F6N4O2/c17-15(18,19)9-3-1-5-11(7-9)23-13(25-27)14(26-28)24-12-6-2-4-10(8-12)16(20,21)22/h1-8,27-28H,(H,23,25)(H,24,26). The Balaban J connectivity index is 2.44. The van der Waals surface area contributed by atoms with Gasteiger partial charge in [0.15, 0.2) is 11.7 Å². The van der Waals surface area contributed by atoms with Gasteiger partial charge in [0.05, 0.1) is 22.5 Å². The highest BCUT2D eigenvalue weighted by Gasteiger charge is 2.31. The normalized spacial score (nSPS) is 13.4. The van der Waals surface area contributed by atoms with Gasteiger partial charge >= 0.3 is 12.4 Å². The second-order valence-electron chi connectivity index (χ2n) is 5.24. The molecule has 28 heavy (non-hydrogen) atoms.